The van der Waals surface area contributed by atoms with E-state index in [0.29, 0.717) is 22.7 Å². The molecular formula is C19H18N4O3. The molecule has 0 aliphatic carbocycles. The number of amides is 1. The molecule has 0 aliphatic heterocycles. The summed E-state index contributed by atoms with van der Waals surface area (Å²) in [6, 6.07) is 15.8. The molecule has 1 heterocycles. The number of benzene rings is 2. The number of ether oxygens (including phenoxy) is 1. The number of hydrogen-bond donors (Lipinski definition) is 1. The number of nitrogens with one attached hydrogen (secondary N) is 1. The molecule has 1 aromatic heterocycles. The molecule has 1 amide bonds. The fraction of sp³-hybridized carbons (Fsp3) is 0.158. The van der Waals surface area contributed by atoms with Gasteiger partial charge in [-0.1, -0.05) is 30.3 Å². The van der Waals surface area contributed by atoms with Crippen molar-refractivity contribution in [2.75, 3.05) is 6.61 Å². The molecular weight excluding hydrogens is 332 g/mol. The van der Waals surface area contributed by atoms with Gasteiger partial charge in [0.25, 0.3) is 5.91 Å². The van der Waals surface area contributed by atoms with E-state index in [-0.39, 0.29) is 24.8 Å². The van der Waals surface area contributed by atoms with Crippen molar-refractivity contribution in [2.24, 2.45) is 7.05 Å². The van der Waals surface area contributed by atoms with Gasteiger partial charge in [-0.25, -0.2) is 0 Å². The summed E-state index contributed by atoms with van der Waals surface area (Å²) in [5.41, 5.74) is 1.19. The van der Waals surface area contributed by atoms with Crippen molar-refractivity contribution in [1.29, 1.82) is 0 Å². The molecule has 0 spiro atoms. The quantitative estimate of drug-likeness (QED) is 0.656. The highest BCUT2D eigenvalue weighted by molar-refractivity contribution is 6.08. The molecule has 0 unspecified atom stereocenters. The van der Waals surface area contributed by atoms with Gasteiger partial charge in [0, 0.05) is 18.2 Å². The Hall–Kier alpha value is -3.48. The number of rotatable bonds is 7. The van der Waals surface area contributed by atoms with Crippen LogP contribution in [0.5, 0.6) is 5.75 Å². The Morgan fingerprint density at radius 1 is 1.04 bits per heavy atom. The van der Waals surface area contributed by atoms with Gasteiger partial charge in [-0.15, -0.1) is 10.2 Å². The van der Waals surface area contributed by atoms with Crippen LogP contribution in [0.1, 0.15) is 21.7 Å². The van der Waals surface area contributed by atoms with Crippen LogP contribution in [0.3, 0.4) is 0 Å². The van der Waals surface area contributed by atoms with E-state index in [1.165, 1.54) is 0 Å². The van der Waals surface area contributed by atoms with Gasteiger partial charge in [-0.2, -0.15) is 0 Å². The molecule has 0 saturated heterocycles. The predicted octanol–water partition coefficient (Wildman–Crippen LogP) is 1.74. The first-order valence-electron chi connectivity index (χ1n) is 8.05. The molecule has 2 aromatic carbocycles. The number of hydrogen-bond acceptors (Lipinski definition) is 5. The fourth-order valence-electron chi connectivity index (χ4n) is 2.30. The second-order valence-corrected chi connectivity index (χ2v) is 5.64. The summed E-state index contributed by atoms with van der Waals surface area (Å²) >= 11 is 0. The van der Waals surface area contributed by atoms with E-state index < -0.39 is 0 Å². The van der Waals surface area contributed by atoms with Gasteiger partial charge >= 0.3 is 0 Å². The van der Waals surface area contributed by atoms with E-state index in [9.17, 15) is 9.59 Å². The summed E-state index contributed by atoms with van der Waals surface area (Å²) in [4.78, 5) is 24.2. The van der Waals surface area contributed by atoms with Gasteiger partial charge in [-0.3, -0.25) is 9.59 Å². The molecule has 3 rings (SSSR count). The molecule has 7 heteroatoms. The fourth-order valence-corrected chi connectivity index (χ4v) is 2.30. The van der Waals surface area contributed by atoms with Crippen LogP contribution in [0.25, 0.3) is 0 Å². The topological polar surface area (TPSA) is 86.1 Å². The van der Waals surface area contributed by atoms with Crippen LogP contribution in [-0.2, 0) is 18.4 Å². The van der Waals surface area contributed by atoms with E-state index in [0.717, 1.165) is 0 Å². The monoisotopic (exact) mass is 350 g/mol. The molecule has 0 aliphatic rings. The summed E-state index contributed by atoms with van der Waals surface area (Å²) in [7, 11) is 1.80. The standard InChI is InChI=1S/C19H18N4O3/c1-23-13-21-22-17(23)11-20-18(24)12-26-16-9-7-15(8-10-16)19(25)14-5-3-2-4-6-14/h2-10,13H,11-12H2,1H3,(H,20,24). The molecule has 0 saturated carbocycles. The Morgan fingerprint density at radius 2 is 1.73 bits per heavy atom. The van der Waals surface area contributed by atoms with Crippen LogP contribution < -0.4 is 10.1 Å². The van der Waals surface area contributed by atoms with Gasteiger partial charge < -0.3 is 14.6 Å². The summed E-state index contributed by atoms with van der Waals surface area (Å²) in [5.74, 6) is 0.849. The van der Waals surface area contributed by atoms with Crippen LogP contribution in [0.2, 0.25) is 0 Å². The second kappa shape index (κ2) is 8.06. The van der Waals surface area contributed by atoms with Crippen molar-refractivity contribution in [3.8, 4) is 5.75 Å². The molecule has 0 radical (unpaired) electrons. The van der Waals surface area contributed by atoms with Crippen LogP contribution in [0.15, 0.2) is 60.9 Å². The normalized spacial score (nSPS) is 10.3. The predicted molar refractivity (Wildman–Crippen MR) is 94.7 cm³/mol. The van der Waals surface area contributed by atoms with Crippen molar-refractivity contribution in [1.82, 2.24) is 20.1 Å². The lowest BCUT2D eigenvalue weighted by Gasteiger charge is -2.08. The smallest absolute Gasteiger partial charge is 0.258 e. The van der Waals surface area contributed by atoms with Crippen molar-refractivity contribution in [2.45, 2.75) is 6.54 Å². The Balaban J connectivity index is 1.50. The lowest BCUT2D eigenvalue weighted by Crippen LogP contribution is -2.29. The molecule has 0 atom stereocenters. The Labute approximate surface area is 150 Å². The van der Waals surface area contributed by atoms with E-state index in [1.54, 1.807) is 54.3 Å². The Morgan fingerprint density at radius 3 is 2.38 bits per heavy atom. The lowest BCUT2D eigenvalue weighted by atomic mass is 10.0. The number of aromatic nitrogens is 3. The zero-order valence-corrected chi connectivity index (χ0v) is 14.3. The lowest BCUT2D eigenvalue weighted by molar-refractivity contribution is -0.123. The molecule has 7 nitrogen and oxygen atoms in total. The molecule has 132 valence electrons. The Bertz CT molecular complexity index is 889. The second-order valence-electron chi connectivity index (χ2n) is 5.64. The molecule has 3 aromatic rings. The largest absolute Gasteiger partial charge is 0.484 e. The highest BCUT2D eigenvalue weighted by atomic mass is 16.5. The van der Waals surface area contributed by atoms with Gasteiger partial charge in [0.1, 0.15) is 12.1 Å². The maximum absolute atomic E-state index is 12.3. The zero-order chi connectivity index (χ0) is 18.4. The third kappa shape index (κ3) is 4.32. The highest BCUT2D eigenvalue weighted by Crippen LogP contribution is 2.15. The van der Waals surface area contributed by atoms with Gasteiger partial charge in [-0.05, 0) is 24.3 Å². The minimum absolute atomic E-state index is 0.0569. The van der Waals surface area contributed by atoms with Crippen molar-refractivity contribution in [3.05, 3.63) is 77.9 Å². The van der Waals surface area contributed by atoms with Gasteiger partial charge in [0.05, 0.1) is 6.54 Å². The first kappa shape index (κ1) is 17.3. The zero-order valence-electron chi connectivity index (χ0n) is 14.3. The minimum atomic E-state index is -0.266. The van der Waals surface area contributed by atoms with Crippen LogP contribution >= 0.6 is 0 Å². The van der Waals surface area contributed by atoms with Gasteiger partial charge in [0.2, 0.25) is 0 Å². The third-order valence-electron chi connectivity index (χ3n) is 3.77. The summed E-state index contributed by atoms with van der Waals surface area (Å²) in [6.07, 6.45) is 1.57. The first-order valence-corrected chi connectivity index (χ1v) is 8.05. The van der Waals surface area contributed by atoms with Crippen molar-refractivity contribution < 1.29 is 14.3 Å². The Kier molecular flexibility index (Phi) is 5.38. The highest BCUT2D eigenvalue weighted by Gasteiger charge is 2.09. The van der Waals surface area contributed by atoms with E-state index in [4.69, 9.17) is 4.74 Å². The molecule has 0 bridgehead atoms. The first-order chi connectivity index (χ1) is 12.6. The van der Waals surface area contributed by atoms with Crippen LogP contribution in [0.4, 0.5) is 0 Å². The number of nitrogens with zero attached hydrogens (tertiary/aromatic N) is 3. The maximum Gasteiger partial charge on any atom is 0.258 e. The summed E-state index contributed by atoms with van der Waals surface area (Å²) in [5, 5.41) is 10.3. The van der Waals surface area contributed by atoms with Crippen molar-refractivity contribution >= 4 is 11.7 Å². The third-order valence-corrected chi connectivity index (χ3v) is 3.77. The molecule has 26 heavy (non-hydrogen) atoms. The van der Waals surface area contributed by atoms with Crippen LogP contribution in [0, 0.1) is 0 Å². The van der Waals surface area contributed by atoms with Crippen molar-refractivity contribution in [3.63, 3.8) is 0 Å². The minimum Gasteiger partial charge on any atom is -0.484 e. The number of carbonyl (C=O) groups is 2. The van der Waals surface area contributed by atoms with E-state index >= 15 is 0 Å². The summed E-state index contributed by atoms with van der Waals surface area (Å²) in [6.45, 7) is 0.160. The maximum atomic E-state index is 12.3. The molecule has 0 fully saturated rings. The van der Waals surface area contributed by atoms with E-state index in [1.807, 2.05) is 18.2 Å². The van der Waals surface area contributed by atoms with E-state index in [2.05, 4.69) is 15.5 Å². The van der Waals surface area contributed by atoms with Crippen LogP contribution in [-0.4, -0.2) is 33.1 Å². The number of ketones is 1. The SMILES string of the molecule is Cn1cnnc1CNC(=O)COc1ccc(C(=O)c2ccccc2)cc1. The number of carbonyl (C=O) groups excluding carboxylic acids is 2. The average molecular weight is 350 g/mol. The number of aryl methyl sites for hydroxylation is 1. The average Bonchev–Trinajstić information content (AvgIpc) is 3.10. The van der Waals surface area contributed by atoms with Gasteiger partial charge in [0.15, 0.2) is 18.2 Å². The summed E-state index contributed by atoms with van der Waals surface area (Å²) < 4.78 is 7.17. The molecule has 1 N–H and O–H groups in total.